The molecule has 0 atom stereocenters. The molecule has 2 aromatic rings. The summed E-state index contributed by atoms with van der Waals surface area (Å²) in [5, 5.41) is 0. The number of fused-ring (bicyclic) bond motifs is 1. The molecule has 3 rings (SSSR count). The van der Waals surface area contributed by atoms with E-state index in [1.807, 2.05) is 6.07 Å². The highest BCUT2D eigenvalue weighted by Gasteiger charge is 2.25. The minimum Gasteiger partial charge on any atom is -0.370 e. The number of hydrogen-bond acceptors (Lipinski definition) is 1. The van der Waals surface area contributed by atoms with Crippen LogP contribution in [0.25, 0.3) is 11.1 Å². The Labute approximate surface area is 141 Å². The molecule has 2 aromatic carbocycles. The molecular weight excluding hydrogens is 333 g/mol. The second kappa shape index (κ2) is 6.46. The predicted octanol–water partition coefficient (Wildman–Crippen LogP) is 2.52. The van der Waals surface area contributed by atoms with Crippen molar-refractivity contribution < 1.29 is 18.0 Å². The first-order valence-corrected chi connectivity index (χ1v) is 7.51. The number of aliphatic imine (C=N–C) groups is 1. The molecule has 130 valence electrons. The summed E-state index contributed by atoms with van der Waals surface area (Å²) in [7, 11) is 0. The van der Waals surface area contributed by atoms with Crippen molar-refractivity contribution in [1.29, 1.82) is 0 Å². The van der Waals surface area contributed by atoms with Crippen molar-refractivity contribution in [3.05, 3.63) is 58.9 Å². The van der Waals surface area contributed by atoms with Crippen LogP contribution in [-0.4, -0.2) is 23.4 Å². The van der Waals surface area contributed by atoms with Gasteiger partial charge in [0.25, 0.3) is 0 Å². The van der Waals surface area contributed by atoms with Gasteiger partial charge in [0.15, 0.2) is 5.96 Å². The van der Waals surface area contributed by atoms with Gasteiger partial charge in [-0.15, -0.1) is 0 Å². The van der Waals surface area contributed by atoms with E-state index in [4.69, 9.17) is 11.5 Å². The average Bonchev–Trinajstić information content (AvgIpc) is 2.53. The van der Waals surface area contributed by atoms with E-state index in [-0.39, 0.29) is 23.6 Å². The quantitative estimate of drug-likeness (QED) is 0.613. The van der Waals surface area contributed by atoms with Crippen LogP contribution in [0.3, 0.4) is 0 Å². The highest BCUT2D eigenvalue weighted by Crippen LogP contribution is 2.34. The van der Waals surface area contributed by atoms with Gasteiger partial charge in [0.1, 0.15) is 17.5 Å². The van der Waals surface area contributed by atoms with E-state index in [0.29, 0.717) is 30.7 Å². The van der Waals surface area contributed by atoms with Gasteiger partial charge >= 0.3 is 6.03 Å². The minimum atomic E-state index is -1.00. The number of hydrogen-bond donors (Lipinski definition) is 2. The summed E-state index contributed by atoms with van der Waals surface area (Å²) in [5.74, 6) is -3.36. The lowest BCUT2D eigenvalue weighted by Crippen LogP contribution is -2.36. The third-order valence-electron chi connectivity index (χ3n) is 4.04. The number of rotatable bonds is 1. The topological polar surface area (TPSA) is 84.7 Å². The van der Waals surface area contributed by atoms with Gasteiger partial charge in [-0.3, -0.25) is 0 Å². The molecule has 0 saturated heterocycles. The summed E-state index contributed by atoms with van der Waals surface area (Å²) in [6.07, 6.45) is 0.485. The highest BCUT2D eigenvalue weighted by atomic mass is 19.1. The molecule has 5 nitrogen and oxygen atoms in total. The van der Waals surface area contributed by atoms with Gasteiger partial charge < -0.3 is 16.4 Å². The number of halogens is 3. The number of nitrogens with two attached hydrogens (primary N) is 2. The molecule has 4 N–H and O–H groups in total. The summed E-state index contributed by atoms with van der Waals surface area (Å²) in [6.45, 7) is 0.470. The van der Waals surface area contributed by atoms with Gasteiger partial charge in [-0.1, -0.05) is 18.2 Å². The number of benzene rings is 2. The van der Waals surface area contributed by atoms with E-state index in [9.17, 15) is 18.0 Å². The Morgan fingerprint density at radius 2 is 1.80 bits per heavy atom. The fourth-order valence-electron chi connectivity index (χ4n) is 2.96. The third-order valence-corrected chi connectivity index (χ3v) is 4.04. The van der Waals surface area contributed by atoms with Gasteiger partial charge in [-0.25, -0.2) is 18.0 Å². The van der Waals surface area contributed by atoms with Gasteiger partial charge in [0.05, 0.1) is 5.56 Å². The molecule has 1 aliphatic rings. The van der Waals surface area contributed by atoms with Crippen molar-refractivity contribution in [2.75, 3.05) is 6.54 Å². The molecule has 0 spiro atoms. The predicted molar refractivity (Wildman–Crippen MR) is 87.1 cm³/mol. The second-order valence-corrected chi connectivity index (χ2v) is 5.68. The molecule has 1 aliphatic heterocycles. The van der Waals surface area contributed by atoms with Crippen LogP contribution in [0.4, 0.5) is 18.0 Å². The zero-order valence-electron chi connectivity index (χ0n) is 13.1. The van der Waals surface area contributed by atoms with E-state index in [1.54, 1.807) is 6.07 Å². The van der Waals surface area contributed by atoms with Crippen LogP contribution in [0.2, 0.25) is 0 Å². The number of urea groups is 1. The second-order valence-electron chi connectivity index (χ2n) is 5.68. The van der Waals surface area contributed by atoms with Crippen molar-refractivity contribution in [3.8, 4) is 11.1 Å². The first kappa shape index (κ1) is 16.8. The lowest BCUT2D eigenvalue weighted by molar-refractivity contribution is 0.203. The molecule has 0 unspecified atom stereocenters. The normalized spacial score (nSPS) is 13.3. The maximum atomic E-state index is 14.2. The Bertz CT molecular complexity index is 855. The summed E-state index contributed by atoms with van der Waals surface area (Å²) in [5.41, 5.74) is 11.8. The molecule has 0 aromatic heterocycles. The summed E-state index contributed by atoms with van der Waals surface area (Å²) >= 11 is 0. The molecule has 0 bridgehead atoms. The van der Waals surface area contributed by atoms with Crippen molar-refractivity contribution in [3.63, 3.8) is 0 Å². The fraction of sp³-hybridized carbons (Fsp3) is 0.176. The molecule has 2 amide bonds. The Kier molecular flexibility index (Phi) is 4.35. The molecule has 25 heavy (non-hydrogen) atoms. The summed E-state index contributed by atoms with van der Waals surface area (Å²) in [4.78, 5) is 16.9. The highest BCUT2D eigenvalue weighted by molar-refractivity contribution is 5.90. The van der Waals surface area contributed by atoms with Crippen LogP contribution in [0.1, 0.15) is 11.1 Å². The Morgan fingerprint density at radius 1 is 1.12 bits per heavy atom. The van der Waals surface area contributed by atoms with Gasteiger partial charge in [0, 0.05) is 25.2 Å². The van der Waals surface area contributed by atoms with Crippen molar-refractivity contribution in [1.82, 2.24) is 4.90 Å². The maximum Gasteiger partial charge on any atom is 0.347 e. The maximum absolute atomic E-state index is 14.2. The molecule has 0 fully saturated rings. The number of nitrogens with zero attached hydrogens (tertiary/aromatic N) is 2. The Hall–Kier alpha value is -3.03. The molecule has 8 heteroatoms. The van der Waals surface area contributed by atoms with Crippen LogP contribution in [0, 0.1) is 17.5 Å². The number of guanidine groups is 1. The Balaban J connectivity index is 2.06. The van der Waals surface area contributed by atoms with Crippen molar-refractivity contribution >= 4 is 12.0 Å². The number of carbonyl (C=O) groups excluding carboxylic acids is 1. The van der Waals surface area contributed by atoms with Crippen molar-refractivity contribution in [2.45, 2.75) is 13.0 Å². The number of carbonyl (C=O) groups is 1. The van der Waals surface area contributed by atoms with Crippen LogP contribution < -0.4 is 11.5 Å². The molecule has 1 heterocycles. The van der Waals surface area contributed by atoms with E-state index < -0.39 is 23.5 Å². The largest absolute Gasteiger partial charge is 0.370 e. The van der Waals surface area contributed by atoms with E-state index in [1.165, 1.54) is 11.0 Å². The minimum absolute atomic E-state index is 0.0946. The molecule has 0 saturated carbocycles. The van der Waals surface area contributed by atoms with E-state index in [0.717, 1.165) is 5.56 Å². The van der Waals surface area contributed by atoms with E-state index >= 15 is 0 Å². The fourth-order valence-corrected chi connectivity index (χ4v) is 2.96. The lowest BCUT2D eigenvalue weighted by Gasteiger charge is -2.29. The number of amides is 2. The standard InChI is InChI=1S/C17H15F3N4O/c18-10-6-13(19)15(14(20)7-10)11-3-1-2-9-4-5-24(8-12(9)11)17(25)23-16(21)22/h1-3,6-7H,4-5,8H2,(H4,21,22,23,25). The van der Waals surface area contributed by atoms with Gasteiger partial charge in [-0.05, 0) is 23.1 Å². The average molecular weight is 348 g/mol. The Morgan fingerprint density at radius 3 is 2.44 bits per heavy atom. The zero-order valence-corrected chi connectivity index (χ0v) is 13.1. The zero-order chi connectivity index (χ0) is 18.1. The van der Waals surface area contributed by atoms with Gasteiger partial charge in [0.2, 0.25) is 0 Å². The first-order valence-electron chi connectivity index (χ1n) is 7.51. The van der Waals surface area contributed by atoms with Gasteiger partial charge in [-0.2, -0.15) is 4.99 Å². The van der Waals surface area contributed by atoms with Crippen LogP contribution in [0.5, 0.6) is 0 Å². The lowest BCUT2D eigenvalue weighted by atomic mass is 9.90. The molecular formula is C17H15F3N4O. The molecule has 0 radical (unpaired) electrons. The van der Waals surface area contributed by atoms with Crippen LogP contribution in [-0.2, 0) is 13.0 Å². The smallest absolute Gasteiger partial charge is 0.347 e. The first-order chi connectivity index (χ1) is 11.9. The SMILES string of the molecule is NC(N)=NC(=O)N1CCc2cccc(-c3c(F)cc(F)cc3F)c2C1. The summed E-state index contributed by atoms with van der Waals surface area (Å²) in [6, 6.07) is 5.66. The third kappa shape index (κ3) is 3.28. The molecule has 0 aliphatic carbocycles. The summed E-state index contributed by atoms with van der Waals surface area (Å²) < 4.78 is 41.5. The van der Waals surface area contributed by atoms with E-state index in [2.05, 4.69) is 4.99 Å². The monoisotopic (exact) mass is 348 g/mol. The van der Waals surface area contributed by atoms with Crippen molar-refractivity contribution in [2.24, 2.45) is 16.5 Å². The van der Waals surface area contributed by atoms with Crippen LogP contribution >= 0.6 is 0 Å². The van der Waals surface area contributed by atoms with Crippen LogP contribution in [0.15, 0.2) is 35.3 Å².